The maximum atomic E-state index is 13.0. The van der Waals surface area contributed by atoms with E-state index in [0.29, 0.717) is 13.2 Å². The summed E-state index contributed by atoms with van der Waals surface area (Å²) in [6.45, 7) is 8.42. The molecular formula is C21H28ClFN2O2. The van der Waals surface area contributed by atoms with Crippen molar-refractivity contribution in [1.29, 1.82) is 0 Å². The molecule has 2 aromatic carbocycles. The van der Waals surface area contributed by atoms with Crippen molar-refractivity contribution in [2.24, 2.45) is 0 Å². The predicted octanol–water partition coefficient (Wildman–Crippen LogP) is 3.43. The Morgan fingerprint density at radius 2 is 1.59 bits per heavy atom. The number of aliphatic hydroxyl groups excluding tert-OH is 1. The second-order valence-electron chi connectivity index (χ2n) is 6.95. The number of nitrogens with zero attached hydrogens (tertiary/aromatic N) is 2. The standard InChI is InChI=1S/C21H27FN2O2.ClH/c1-16-4-3-5-17(2)21(16)26-15-20(25)14-23-10-12-24(13-11-23)19-8-6-18(22)7-9-19;/h3-9,20,25H,10-15H2,1-2H3;1H. The number of piperazine rings is 1. The van der Waals surface area contributed by atoms with Crippen LogP contribution >= 0.6 is 12.4 Å². The zero-order valence-electron chi connectivity index (χ0n) is 15.9. The number of hydrogen-bond acceptors (Lipinski definition) is 4. The SMILES string of the molecule is Cc1cccc(C)c1OCC(O)CN1CCN(c2ccc(F)cc2)CC1.Cl. The molecule has 0 amide bonds. The Kier molecular flexibility index (Phi) is 7.90. The lowest BCUT2D eigenvalue weighted by molar-refractivity contribution is 0.0658. The second kappa shape index (κ2) is 9.93. The summed E-state index contributed by atoms with van der Waals surface area (Å²) in [6, 6.07) is 12.7. The second-order valence-corrected chi connectivity index (χ2v) is 6.95. The van der Waals surface area contributed by atoms with E-state index in [1.54, 1.807) is 0 Å². The predicted molar refractivity (Wildman–Crippen MR) is 110 cm³/mol. The number of anilines is 1. The number of ether oxygens (including phenoxy) is 1. The molecule has 6 heteroatoms. The molecule has 1 unspecified atom stereocenters. The average Bonchev–Trinajstić information content (AvgIpc) is 2.63. The van der Waals surface area contributed by atoms with Gasteiger partial charge in [-0.25, -0.2) is 4.39 Å². The van der Waals surface area contributed by atoms with Crippen LogP contribution in [0.2, 0.25) is 0 Å². The summed E-state index contributed by atoms with van der Waals surface area (Å²) in [5.41, 5.74) is 3.22. The number of hydrogen-bond donors (Lipinski definition) is 1. The molecule has 0 saturated carbocycles. The normalized spacial score (nSPS) is 15.9. The van der Waals surface area contributed by atoms with Gasteiger partial charge in [0.05, 0.1) is 0 Å². The molecule has 4 nitrogen and oxygen atoms in total. The summed E-state index contributed by atoms with van der Waals surface area (Å²) in [5.74, 6) is 0.659. The maximum Gasteiger partial charge on any atom is 0.125 e. The Labute approximate surface area is 167 Å². The van der Waals surface area contributed by atoms with E-state index in [9.17, 15) is 9.50 Å². The van der Waals surface area contributed by atoms with Gasteiger partial charge in [0.25, 0.3) is 0 Å². The van der Waals surface area contributed by atoms with E-state index in [2.05, 4.69) is 9.80 Å². The highest BCUT2D eigenvalue weighted by Crippen LogP contribution is 2.22. The zero-order chi connectivity index (χ0) is 18.5. The molecule has 1 aliphatic rings. The number of aryl methyl sites for hydroxylation is 2. The topological polar surface area (TPSA) is 35.9 Å². The van der Waals surface area contributed by atoms with E-state index in [1.165, 1.54) is 12.1 Å². The molecule has 3 rings (SSSR count). The van der Waals surface area contributed by atoms with Gasteiger partial charge in [-0.15, -0.1) is 12.4 Å². The molecule has 0 bridgehead atoms. The highest BCUT2D eigenvalue weighted by atomic mass is 35.5. The van der Waals surface area contributed by atoms with Crippen LogP contribution in [0, 0.1) is 19.7 Å². The fourth-order valence-electron chi connectivity index (χ4n) is 3.40. The van der Waals surface area contributed by atoms with E-state index in [-0.39, 0.29) is 18.2 Å². The van der Waals surface area contributed by atoms with Gasteiger partial charge in [-0.1, -0.05) is 18.2 Å². The summed E-state index contributed by atoms with van der Waals surface area (Å²) >= 11 is 0. The molecule has 0 radical (unpaired) electrons. The molecule has 1 aliphatic heterocycles. The molecule has 1 N–H and O–H groups in total. The molecule has 1 fully saturated rings. The van der Waals surface area contributed by atoms with Crippen molar-refractivity contribution < 1.29 is 14.2 Å². The Hall–Kier alpha value is -1.82. The van der Waals surface area contributed by atoms with Crippen LogP contribution in [0.1, 0.15) is 11.1 Å². The van der Waals surface area contributed by atoms with Gasteiger partial charge in [-0.05, 0) is 49.2 Å². The van der Waals surface area contributed by atoms with E-state index < -0.39 is 6.10 Å². The monoisotopic (exact) mass is 394 g/mol. The molecule has 1 heterocycles. The Balaban J connectivity index is 0.00000261. The van der Waals surface area contributed by atoms with Crippen LogP contribution in [-0.2, 0) is 0 Å². The minimum absolute atomic E-state index is 0. The maximum absolute atomic E-state index is 13.0. The Morgan fingerprint density at radius 3 is 2.19 bits per heavy atom. The van der Waals surface area contributed by atoms with Crippen molar-refractivity contribution in [3.05, 3.63) is 59.4 Å². The molecule has 27 heavy (non-hydrogen) atoms. The first kappa shape index (κ1) is 21.5. The number of para-hydroxylation sites is 1. The fourth-order valence-corrected chi connectivity index (χ4v) is 3.40. The number of aliphatic hydroxyl groups is 1. The number of rotatable bonds is 6. The van der Waals surface area contributed by atoms with Crippen LogP contribution in [0.25, 0.3) is 0 Å². The molecular weight excluding hydrogens is 367 g/mol. The number of benzene rings is 2. The molecule has 148 valence electrons. The van der Waals surface area contributed by atoms with Crippen LogP contribution < -0.4 is 9.64 Å². The van der Waals surface area contributed by atoms with Crippen molar-refractivity contribution in [3.63, 3.8) is 0 Å². The molecule has 1 saturated heterocycles. The first-order valence-corrected chi connectivity index (χ1v) is 9.13. The number of β-amino-alcohol motifs (C(OH)–C–C–N with tert-alkyl or cyclic N) is 1. The van der Waals surface area contributed by atoms with Crippen LogP contribution in [-0.4, -0.2) is 55.4 Å². The highest BCUT2D eigenvalue weighted by Gasteiger charge is 2.20. The largest absolute Gasteiger partial charge is 0.490 e. The van der Waals surface area contributed by atoms with Gasteiger partial charge in [0.1, 0.15) is 24.3 Å². The van der Waals surface area contributed by atoms with Gasteiger partial charge in [-0.2, -0.15) is 0 Å². The van der Waals surface area contributed by atoms with Crippen LogP contribution in [0.15, 0.2) is 42.5 Å². The van der Waals surface area contributed by atoms with Crippen molar-refractivity contribution in [2.75, 3.05) is 44.2 Å². The van der Waals surface area contributed by atoms with Gasteiger partial charge in [0, 0.05) is 38.4 Å². The van der Waals surface area contributed by atoms with Crippen molar-refractivity contribution in [1.82, 2.24) is 4.90 Å². The zero-order valence-corrected chi connectivity index (χ0v) is 16.7. The van der Waals surface area contributed by atoms with Gasteiger partial charge in [-0.3, -0.25) is 4.90 Å². The van der Waals surface area contributed by atoms with E-state index in [1.807, 2.05) is 44.2 Å². The lowest BCUT2D eigenvalue weighted by Gasteiger charge is -2.36. The molecule has 0 aromatic heterocycles. The summed E-state index contributed by atoms with van der Waals surface area (Å²) in [6.07, 6.45) is -0.522. The Morgan fingerprint density at radius 1 is 1.00 bits per heavy atom. The minimum atomic E-state index is -0.522. The fraction of sp³-hybridized carbons (Fsp3) is 0.429. The number of halogens is 2. The lowest BCUT2D eigenvalue weighted by Crippen LogP contribution is -2.49. The molecule has 2 aromatic rings. The van der Waals surface area contributed by atoms with E-state index in [4.69, 9.17) is 4.74 Å². The van der Waals surface area contributed by atoms with Gasteiger partial charge in [0.2, 0.25) is 0 Å². The summed E-state index contributed by atoms with van der Waals surface area (Å²) < 4.78 is 18.9. The third-order valence-corrected chi connectivity index (χ3v) is 4.86. The van der Waals surface area contributed by atoms with Crippen LogP contribution in [0.5, 0.6) is 5.75 Å². The quantitative estimate of drug-likeness (QED) is 0.814. The summed E-state index contributed by atoms with van der Waals surface area (Å²) in [5, 5.41) is 10.3. The van der Waals surface area contributed by atoms with E-state index >= 15 is 0 Å². The van der Waals surface area contributed by atoms with Gasteiger partial charge < -0.3 is 14.7 Å². The van der Waals surface area contributed by atoms with Crippen molar-refractivity contribution in [2.45, 2.75) is 20.0 Å². The van der Waals surface area contributed by atoms with Crippen molar-refractivity contribution >= 4 is 18.1 Å². The summed E-state index contributed by atoms with van der Waals surface area (Å²) in [4.78, 5) is 4.49. The van der Waals surface area contributed by atoms with Crippen LogP contribution in [0.4, 0.5) is 10.1 Å². The third kappa shape index (κ3) is 5.83. The lowest BCUT2D eigenvalue weighted by atomic mass is 10.1. The first-order valence-electron chi connectivity index (χ1n) is 9.13. The Bertz CT molecular complexity index is 698. The smallest absolute Gasteiger partial charge is 0.125 e. The van der Waals surface area contributed by atoms with E-state index in [0.717, 1.165) is 48.7 Å². The third-order valence-electron chi connectivity index (χ3n) is 4.86. The summed E-state index contributed by atoms with van der Waals surface area (Å²) in [7, 11) is 0. The van der Waals surface area contributed by atoms with Gasteiger partial charge in [0.15, 0.2) is 0 Å². The minimum Gasteiger partial charge on any atom is -0.490 e. The molecule has 1 atom stereocenters. The highest BCUT2D eigenvalue weighted by molar-refractivity contribution is 5.85. The van der Waals surface area contributed by atoms with Crippen LogP contribution in [0.3, 0.4) is 0 Å². The average molecular weight is 395 g/mol. The first-order chi connectivity index (χ1) is 12.5. The van der Waals surface area contributed by atoms with Crippen molar-refractivity contribution in [3.8, 4) is 5.75 Å². The molecule has 0 aliphatic carbocycles. The molecule has 0 spiro atoms. The van der Waals surface area contributed by atoms with Gasteiger partial charge >= 0.3 is 0 Å².